The number of nitrogens with two attached hydrogens (primary N) is 1. The first-order valence-corrected chi connectivity index (χ1v) is 8.26. The lowest BCUT2D eigenvalue weighted by Gasteiger charge is -2.16. The van der Waals surface area contributed by atoms with Crippen molar-refractivity contribution in [3.8, 4) is 0 Å². The van der Waals surface area contributed by atoms with Crippen molar-refractivity contribution in [1.82, 2.24) is 5.32 Å². The Bertz CT molecular complexity index is 1020. The number of primary amides is 1. The maximum Gasteiger partial charge on any atom is 0.269 e. The predicted molar refractivity (Wildman–Crippen MR) is 101 cm³/mol. The standard InChI is InChI=1S/C20H17N3O4/c21-19(24)18(11-13-5-9-17(10-6-13)23(26)27)22-20(25)16-8-7-14-3-1-2-4-15(14)12-16/h1-10,12,18H,11H2,(H2,21,24)(H,22,25)/t18-/m0/s1. The lowest BCUT2D eigenvalue weighted by Crippen LogP contribution is -2.45. The summed E-state index contributed by atoms with van der Waals surface area (Å²) in [4.78, 5) is 34.5. The van der Waals surface area contributed by atoms with Crippen LogP contribution in [-0.4, -0.2) is 22.8 Å². The second-order valence-corrected chi connectivity index (χ2v) is 6.12. The van der Waals surface area contributed by atoms with Crippen LogP contribution >= 0.6 is 0 Å². The highest BCUT2D eigenvalue weighted by Gasteiger charge is 2.20. The smallest absolute Gasteiger partial charge is 0.269 e. The van der Waals surface area contributed by atoms with Crippen LogP contribution in [0.3, 0.4) is 0 Å². The first-order chi connectivity index (χ1) is 12.9. The van der Waals surface area contributed by atoms with E-state index in [2.05, 4.69) is 5.32 Å². The van der Waals surface area contributed by atoms with Crippen LogP contribution < -0.4 is 11.1 Å². The monoisotopic (exact) mass is 363 g/mol. The van der Waals surface area contributed by atoms with E-state index < -0.39 is 22.8 Å². The molecule has 2 amide bonds. The van der Waals surface area contributed by atoms with Crippen molar-refractivity contribution >= 4 is 28.3 Å². The Morgan fingerprint density at radius 1 is 1.00 bits per heavy atom. The van der Waals surface area contributed by atoms with Gasteiger partial charge >= 0.3 is 0 Å². The molecule has 1 atom stereocenters. The largest absolute Gasteiger partial charge is 0.368 e. The zero-order valence-electron chi connectivity index (χ0n) is 14.3. The second-order valence-electron chi connectivity index (χ2n) is 6.12. The SMILES string of the molecule is NC(=O)[C@H](Cc1ccc([N+](=O)[O-])cc1)NC(=O)c1ccc2ccccc2c1. The molecule has 0 saturated carbocycles. The van der Waals surface area contributed by atoms with Crippen molar-refractivity contribution < 1.29 is 14.5 Å². The number of nitro benzene ring substituents is 1. The van der Waals surface area contributed by atoms with Gasteiger partial charge in [0.05, 0.1) is 4.92 Å². The molecule has 0 unspecified atom stereocenters. The zero-order valence-corrected chi connectivity index (χ0v) is 14.3. The second kappa shape index (κ2) is 7.65. The molecule has 0 spiro atoms. The molecule has 0 bridgehead atoms. The number of hydrogen-bond acceptors (Lipinski definition) is 4. The summed E-state index contributed by atoms with van der Waals surface area (Å²) in [6.07, 6.45) is 0.145. The topological polar surface area (TPSA) is 115 Å². The van der Waals surface area contributed by atoms with Gasteiger partial charge in [-0.15, -0.1) is 0 Å². The van der Waals surface area contributed by atoms with Crippen molar-refractivity contribution in [2.45, 2.75) is 12.5 Å². The summed E-state index contributed by atoms with van der Waals surface area (Å²) in [5.41, 5.74) is 6.45. The Kier molecular flexibility index (Phi) is 5.12. The summed E-state index contributed by atoms with van der Waals surface area (Å²) in [6.45, 7) is 0. The summed E-state index contributed by atoms with van der Waals surface area (Å²) in [7, 11) is 0. The van der Waals surface area contributed by atoms with Crippen LogP contribution in [0.2, 0.25) is 0 Å². The molecule has 0 aromatic heterocycles. The van der Waals surface area contributed by atoms with Gasteiger partial charge in [0, 0.05) is 24.1 Å². The fraction of sp³-hybridized carbons (Fsp3) is 0.100. The quantitative estimate of drug-likeness (QED) is 0.517. The molecular weight excluding hydrogens is 346 g/mol. The van der Waals surface area contributed by atoms with Gasteiger partial charge in [-0.1, -0.05) is 42.5 Å². The van der Waals surface area contributed by atoms with Crippen molar-refractivity contribution in [1.29, 1.82) is 0 Å². The third kappa shape index (κ3) is 4.27. The highest BCUT2D eigenvalue weighted by atomic mass is 16.6. The number of rotatable bonds is 6. The zero-order chi connectivity index (χ0) is 19.4. The Hall–Kier alpha value is -3.74. The summed E-state index contributed by atoms with van der Waals surface area (Å²) < 4.78 is 0. The number of nitrogens with zero attached hydrogens (tertiary/aromatic N) is 1. The van der Waals surface area contributed by atoms with E-state index in [9.17, 15) is 19.7 Å². The molecule has 7 heteroatoms. The average molecular weight is 363 g/mol. The third-order valence-electron chi connectivity index (χ3n) is 4.25. The first-order valence-electron chi connectivity index (χ1n) is 8.26. The van der Waals surface area contributed by atoms with E-state index in [4.69, 9.17) is 5.73 Å². The maximum absolute atomic E-state index is 12.5. The molecule has 0 saturated heterocycles. The Balaban J connectivity index is 1.75. The highest BCUT2D eigenvalue weighted by molar-refractivity contribution is 6.00. The Labute approximate surface area is 154 Å². The normalized spacial score (nSPS) is 11.7. The molecule has 0 aliphatic rings. The number of fused-ring (bicyclic) bond motifs is 1. The molecule has 0 aliphatic heterocycles. The summed E-state index contributed by atoms with van der Waals surface area (Å²) in [5.74, 6) is -1.09. The fourth-order valence-corrected chi connectivity index (χ4v) is 2.78. The van der Waals surface area contributed by atoms with E-state index in [1.807, 2.05) is 30.3 Å². The van der Waals surface area contributed by atoms with E-state index in [0.29, 0.717) is 11.1 Å². The third-order valence-corrected chi connectivity index (χ3v) is 4.25. The lowest BCUT2D eigenvalue weighted by molar-refractivity contribution is -0.384. The molecule has 0 aliphatic carbocycles. The number of carbonyl (C=O) groups is 2. The lowest BCUT2D eigenvalue weighted by atomic mass is 10.0. The Morgan fingerprint density at radius 3 is 2.30 bits per heavy atom. The van der Waals surface area contributed by atoms with E-state index in [-0.39, 0.29) is 12.1 Å². The van der Waals surface area contributed by atoms with E-state index >= 15 is 0 Å². The van der Waals surface area contributed by atoms with Crippen LogP contribution in [0.1, 0.15) is 15.9 Å². The van der Waals surface area contributed by atoms with Gasteiger partial charge in [0.25, 0.3) is 11.6 Å². The van der Waals surface area contributed by atoms with Gasteiger partial charge < -0.3 is 11.1 Å². The van der Waals surface area contributed by atoms with Crippen molar-refractivity contribution in [3.63, 3.8) is 0 Å². The number of non-ortho nitro benzene ring substituents is 1. The minimum Gasteiger partial charge on any atom is -0.368 e. The number of amides is 2. The predicted octanol–water partition coefficient (Wildman–Crippen LogP) is 2.57. The number of benzene rings is 3. The summed E-state index contributed by atoms with van der Waals surface area (Å²) in [6, 6.07) is 17.7. The van der Waals surface area contributed by atoms with Gasteiger partial charge in [-0.2, -0.15) is 0 Å². The van der Waals surface area contributed by atoms with Crippen LogP contribution in [-0.2, 0) is 11.2 Å². The first kappa shape index (κ1) is 18.1. The average Bonchev–Trinajstić information content (AvgIpc) is 2.67. The molecular formula is C20H17N3O4. The molecule has 27 heavy (non-hydrogen) atoms. The highest BCUT2D eigenvalue weighted by Crippen LogP contribution is 2.16. The molecule has 0 radical (unpaired) electrons. The van der Waals surface area contributed by atoms with Gasteiger partial charge in [0.2, 0.25) is 5.91 Å². The Morgan fingerprint density at radius 2 is 1.67 bits per heavy atom. The minimum atomic E-state index is -0.926. The molecule has 3 aromatic carbocycles. The number of nitrogens with one attached hydrogen (secondary N) is 1. The number of hydrogen-bond donors (Lipinski definition) is 2. The van der Waals surface area contributed by atoms with Crippen LogP contribution in [0.4, 0.5) is 5.69 Å². The van der Waals surface area contributed by atoms with Gasteiger partial charge in [-0.25, -0.2) is 0 Å². The van der Waals surface area contributed by atoms with Crippen LogP contribution in [0.5, 0.6) is 0 Å². The van der Waals surface area contributed by atoms with Crippen molar-refractivity contribution in [3.05, 3.63) is 88.0 Å². The minimum absolute atomic E-state index is 0.0467. The maximum atomic E-state index is 12.5. The van der Waals surface area contributed by atoms with Crippen molar-refractivity contribution in [2.24, 2.45) is 5.73 Å². The van der Waals surface area contributed by atoms with Crippen LogP contribution in [0.15, 0.2) is 66.7 Å². The molecule has 3 N–H and O–H groups in total. The van der Waals surface area contributed by atoms with Crippen LogP contribution in [0, 0.1) is 10.1 Å². The molecule has 3 rings (SSSR count). The molecule has 7 nitrogen and oxygen atoms in total. The molecule has 0 fully saturated rings. The number of nitro groups is 1. The fourth-order valence-electron chi connectivity index (χ4n) is 2.78. The number of carbonyl (C=O) groups excluding carboxylic acids is 2. The van der Waals surface area contributed by atoms with Gasteiger partial charge in [0.15, 0.2) is 0 Å². The van der Waals surface area contributed by atoms with Crippen LogP contribution in [0.25, 0.3) is 10.8 Å². The molecule has 136 valence electrons. The van der Waals surface area contributed by atoms with Gasteiger partial charge in [0.1, 0.15) is 6.04 Å². The van der Waals surface area contributed by atoms with E-state index in [0.717, 1.165) is 10.8 Å². The summed E-state index contributed by atoms with van der Waals surface area (Å²) >= 11 is 0. The van der Waals surface area contributed by atoms with E-state index in [1.165, 1.54) is 24.3 Å². The molecule has 0 heterocycles. The van der Waals surface area contributed by atoms with Crippen molar-refractivity contribution in [2.75, 3.05) is 0 Å². The summed E-state index contributed by atoms with van der Waals surface area (Å²) in [5, 5.41) is 15.3. The van der Waals surface area contributed by atoms with Gasteiger partial charge in [-0.05, 0) is 28.5 Å². The molecule has 3 aromatic rings. The van der Waals surface area contributed by atoms with E-state index in [1.54, 1.807) is 12.1 Å². The van der Waals surface area contributed by atoms with Gasteiger partial charge in [-0.3, -0.25) is 19.7 Å².